The molecule has 1 aromatic rings. The largest absolute Gasteiger partial charge is 0.441 e. The molecule has 3 nitrogen and oxygen atoms in total. The SMILES string of the molecule is Cc1ccc(C2CCNC(=O)O2)cc1. The molecule has 1 aliphatic rings. The molecule has 1 fully saturated rings. The second kappa shape index (κ2) is 3.70. The molecule has 0 radical (unpaired) electrons. The molecule has 2 rings (SSSR count). The Bertz CT molecular complexity index is 332. The van der Waals surface area contributed by atoms with Crippen LogP contribution in [0.3, 0.4) is 0 Å². The Morgan fingerprint density at radius 2 is 2.07 bits per heavy atom. The van der Waals surface area contributed by atoms with Crippen LogP contribution in [0, 0.1) is 6.92 Å². The molecule has 3 heteroatoms. The first-order valence-corrected chi connectivity index (χ1v) is 4.77. The molecule has 0 aromatic heterocycles. The highest BCUT2D eigenvalue weighted by Gasteiger charge is 2.20. The molecule has 1 saturated heterocycles. The Balaban J connectivity index is 2.14. The van der Waals surface area contributed by atoms with Crippen molar-refractivity contribution >= 4 is 6.09 Å². The maximum absolute atomic E-state index is 11.0. The van der Waals surface area contributed by atoms with Crippen molar-refractivity contribution in [2.75, 3.05) is 6.54 Å². The van der Waals surface area contributed by atoms with E-state index in [-0.39, 0.29) is 12.2 Å². The van der Waals surface area contributed by atoms with E-state index in [1.54, 1.807) is 0 Å². The summed E-state index contributed by atoms with van der Waals surface area (Å²) in [6, 6.07) is 8.09. The lowest BCUT2D eigenvalue weighted by Gasteiger charge is -2.23. The van der Waals surface area contributed by atoms with Gasteiger partial charge in [-0.15, -0.1) is 0 Å². The summed E-state index contributed by atoms with van der Waals surface area (Å²) < 4.78 is 5.16. The highest BCUT2D eigenvalue weighted by molar-refractivity contribution is 5.68. The van der Waals surface area contributed by atoms with Gasteiger partial charge in [-0.25, -0.2) is 4.79 Å². The number of rotatable bonds is 1. The van der Waals surface area contributed by atoms with Crippen LogP contribution in [0.2, 0.25) is 0 Å². The van der Waals surface area contributed by atoms with E-state index in [1.807, 2.05) is 31.2 Å². The van der Waals surface area contributed by atoms with Crippen molar-refractivity contribution in [2.24, 2.45) is 0 Å². The molecule has 14 heavy (non-hydrogen) atoms. The van der Waals surface area contributed by atoms with Gasteiger partial charge in [0.1, 0.15) is 6.10 Å². The molecule has 1 unspecified atom stereocenters. The molecule has 74 valence electrons. The molecule has 0 bridgehead atoms. The number of benzene rings is 1. The number of hydrogen-bond acceptors (Lipinski definition) is 2. The fraction of sp³-hybridized carbons (Fsp3) is 0.364. The van der Waals surface area contributed by atoms with Crippen LogP contribution in [-0.4, -0.2) is 12.6 Å². The van der Waals surface area contributed by atoms with Crippen LogP contribution in [0.4, 0.5) is 4.79 Å². The van der Waals surface area contributed by atoms with Crippen LogP contribution < -0.4 is 5.32 Å². The number of amides is 1. The van der Waals surface area contributed by atoms with E-state index in [0.717, 1.165) is 12.0 Å². The number of carbonyl (C=O) groups is 1. The number of nitrogens with one attached hydrogen (secondary N) is 1. The zero-order valence-electron chi connectivity index (χ0n) is 8.12. The van der Waals surface area contributed by atoms with Gasteiger partial charge in [0.25, 0.3) is 0 Å². The van der Waals surface area contributed by atoms with Crippen molar-refractivity contribution in [3.63, 3.8) is 0 Å². The van der Waals surface area contributed by atoms with E-state index in [4.69, 9.17) is 4.74 Å². The lowest BCUT2D eigenvalue weighted by atomic mass is 10.0. The number of aryl methyl sites for hydroxylation is 1. The average Bonchev–Trinajstić information content (AvgIpc) is 2.19. The minimum Gasteiger partial charge on any atom is -0.441 e. The Morgan fingerprint density at radius 1 is 1.36 bits per heavy atom. The first-order valence-electron chi connectivity index (χ1n) is 4.77. The van der Waals surface area contributed by atoms with Gasteiger partial charge in [-0.05, 0) is 12.5 Å². The van der Waals surface area contributed by atoms with Gasteiger partial charge in [0.15, 0.2) is 0 Å². The predicted octanol–water partition coefficient (Wildman–Crippen LogP) is 2.17. The highest BCUT2D eigenvalue weighted by Crippen LogP contribution is 2.23. The molecule has 1 aliphatic heterocycles. The Kier molecular flexibility index (Phi) is 2.39. The lowest BCUT2D eigenvalue weighted by Crippen LogP contribution is -2.33. The molecule has 0 aliphatic carbocycles. The van der Waals surface area contributed by atoms with Crippen LogP contribution >= 0.6 is 0 Å². The smallest absolute Gasteiger partial charge is 0.407 e. The van der Waals surface area contributed by atoms with Crippen LogP contribution in [0.1, 0.15) is 23.7 Å². The molecule has 1 atom stereocenters. The van der Waals surface area contributed by atoms with E-state index in [9.17, 15) is 4.79 Å². The number of carbonyl (C=O) groups excluding carboxylic acids is 1. The van der Waals surface area contributed by atoms with Crippen LogP contribution in [0.15, 0.2) is 24.3 Å². The topological polar surface area (TPSA) is 38.3 Å². The molecular weight excluding hydrogens is 178 g/mol. The van der Waals surface area contributed by atoms with Crippen molar-refractivity contribution in [3.8, 4) is 0 Å². The summed E-state index contributed by atoms with van der Waals surface area (Å²) >= 11 is 0. The first kappa shape index (κ1) is 9.06. The van der Waals surface area contributed by atoms with E-state index < -0.39 is 0 Å². The van der Waals surface area contributed by atoms with Crippen LogP contribution in [-0.2, 0) is 4.74 Å². The summed E-state index contributed by atoms with van der Waals surface area (Å²) in [5.41, 5.74) is 2.29. The minimum absolute atomic E-state index is 0.0793. The summed E-state index contributed by atoms with van der Waals surface area (Å²) in [5, 5.41) is 2.63. The third kappa shape index (κ3) is 1.87. The predicted molar refractivity (Wildman–Crippen MR) is 53.0 cm³/mol. The second-order valence-electron chi connectivity index (χ2n) is 3.52. The van der Waals surface area contributed by atoms with E-state index in [1.165, 1.54) is 5.56 Å². The number of alkyl carbamates (subject to hydrolysis) is 1. The van der Waals surface area contributed by atoms with Crippen molar-refractivity contribution in [2.45, 2.75) is 19.4 Å². The molecule has 0 spiro atoms. The normalized spacial score (nSPS) is 21.2. The quantitative estimate of drug-likeness (QED) is 0.738. The summed E-state index contributed by atoms with van der Waals surface area (Å²) in [6.45, 7) is 2.73. The van der Waals surface area contributed by atoms with Crippen molar-refractivity contribution < 1.29 is 9.53 Å². The maximum atomic E-state index is 11.0. The number of ether oxygens (including phenoxy) is 1. The van der Waals surface area contributed by atoms with E-state index in [0.29, 0.717) is 6.54 Å². The fourth-order valence-electron chi connectivity index (χ4n) is 1.55. The van der Waals surface area contributed by atoms with Crippen molar-refractivity contribution in [3.05, 3.63) is 35.4 Å². The van der Waals surface area contributed by atoms with Gasteiger partial charge in [-0.3, -0.25) is 0 Å². The fourth-order valence-corrected chi connectivity index (χ4v) is 1.55. The van der Waals surface area contributed by atoms with E-state index >= 15 is 0 Å². The van der Waals surface area contributed by atoms with Gasteiger partial charge in [0.05, 0.1) is 0 Å². The van der Waals surface area contributed by atoms with Gasteiger partial charge < -0.3 is 10.1 Å². The van der Waals surface area contributed by atoms with Gasteiger partial charge in [-0.1, -0.05) is 29.8 Å². The second-order valence-corrected chi connectivity index (χ2v) is 3.52. The number of cyclic esters (lactones) is 1. The standard InChI is InChI=1S/C11H13NO2/c1-8-2-4-9(5-3-8)10-6-7-12-11(13)14-10/h2-5,10H,6-7H2,1H3,(H,12,13). The lowest BCUT2D eigenvalue weighted by molar-refractivity contribution is 0.0739. The molecule has 1 amide bonds. The van der Waals surface area contributed by atoms with Gasteiger partial charge in [-0.2, -0.15) is 0 Å². The molecule has 1 N–H and O–H groups in total. The first-order chi connectivity index (χ1) is 6.75. The zero-order valence-corrected chi connectivity index (χ0v) is 8.12. The Labute approximate surface area is 83.1 Å². The Morgan fingerprint density at radius 3 is 2.71 bits per heavy atom. The van der Waals surface area contributed by atoms with Crippen molar-refractivity contribution in [1.82, 2.24) is 5.32 Å². The van der Waals surface area contributed by atoms with Gasteiger partial charge in [0, 0.05) is 13.0 Å². The third-order valence-electron chi connectivity index (χ3n) is 2.37. The number of hydrogen-bond donors (Lipinski definition) is 1. The molecule has 1 aromatic carbocycles. The summed E-state index contributed by atoms with van der Waals surface area (Å²) in [5.74, 6) is 0. The maximum Gasteiger partial charge on any atom is 0.407 e. The highest BCUT2D eigenvalue weighted by atomic mass is 16.6. The molecule has 1 heterocycles. The molecule has 0 saturated carbocycles. The van der Waals surface area contributed by atoms with Gasteiger partial charge >= 0.3 is 6.09 Å². The van der Waals surface area contributed by atoms with Crippen LogP contribution in [0.25, 0.3) is 0 Å². The van der Waals surface area contributed by atoms with Gasteiger partial charge in [0.2, 0.25) is 0 Å². The van der Waals surface area contributed by atoms with Crippen LogP contribution in [0.5, 0.6) is 0 Å². The summed E-state index contributed by atoms with van der Waals surface area (Å²) in [7, 11) is 0. The third-order valence-corrected chi connectivity index (χ3v) is 2.37. The zero-order chi connectivity index (χ0) is 9.97. The summed E-state index contributed by atoms with van der Waals surface area (Å²) in [4.78, 5) is 11.0. The molecular formula is C11H13NO2. The monoisotopic (exact) mass is 191 g/mol. The average molecular weight is 191 g/mol. The summed E-state index contributed by atoms with van der Waals surface area (Å²) in [6.07, 6.45) is 0.445. The van der Waals surface area contributed by atoms with Crippen molar-refractivity contribution in [1.29, 1.82) is 0 Å². The van der Waals surface area contributed by atoms with E-state index in [2.05, 4.69) is 5.32 Å². The Hall–Kier alpha value is -1.51. The minimum atomic E-state index is -0.318.